The molecule has 6 heteroatoms. The van der Waals surface area contributed by atoms with E-state index in [1.165, 1.54) is 19.3 Å². The molecular weight excluding hydrogens is 376 g/mol. The molecule has 1 aromatic heterocycles. The molecule has 148 valence electrons. The third kappa shape index (κ3) is 3.79. The fraction of sp³-hybridized carbons (Fsp3) is 0.455. The molecule has 1 atom stereocenters. The summed E-state index contributed by atoms with van der Waals surface area (Å²) in [4.78, 5) is 19.2. The molecule has 0 bridgehead atoms. The Morgan fingerprint density at radius 1 is 1.29 bits per heavy atom. The number of aromatic nitrogens is 1. The van der Waals surface area contributed by atoms with Gasteiger partial charge in [-0.05, 0) is 56.4 Å². The van der Waals surface area contributed by atoms with Gasteiger partial charge < -0.3 is 14.7 Å². The second-order valence-electron chi connectivity index (χ2n) is 8.24. The second-order valence-corrected chi connectivity index (χ2v) is 8.68. The zero-order valence-electron chi connectivity index (χ0n) is 16.2. The average Bonchev–Trinajstić information content (AvgIpc) is 2.87. The van der Waals surface area contributed by atoms with Crippen molar-refractivity contribution in [2.24, 2.45) is 5.92 Å². The summed E-state index contributed by atoms with van der Waals surface area (Å²) in [6.07, 6.45) is 4.77. The molecule has 2 heterocycles. The number of benzene rings is 1. The first-order valence-corrected chi connectivity index (χ1v) is 10.1. The van der Waals surface area contributed by atoms with E-state index in [1.54, 1.807) is 37.1 Å². The highest BCUT2D eigenvalue weighted by molar-refractivity contribution is 6.30. The maximum absolute atomic E-state index is 13.2. The van der Waals surface area contributed by atoms with Gasteiger partial charge in [-0.25, -0.2) is 0 Å². The molecule has 5 nitrogen and oxygen atoms in total. The lowest BCUT2D eigenvalue weighted by molar-refractivity contribution is -0.0647. The Bertz CT molecular complexity index is 872. The first kappa shape index (κ1) is 19.4. The highest BCUT2D eigenvalue weighted by atomic mass is 35.5. The molecule has 2 aliphatic rings. The summed E-state index contributed by atoms with van der Waals surface area (Å²) < 4.78 is 6.23. The molecular formula is C22H25ClN2O3. The largest absolute Gasteiger partial charge is 0.386 e. The van der Waals surface area contributed by atoms with Crippen LogP contribution in [0.1, 0.15) is 66.5 Å². The van der Waals surface area contributed by atoms with E-state index in [4.69, 9.17) is 16.3 Å². The van der Waals surface area contributed by atoms with Gasteiger partial charge in [-0.15, -0.1) is 0 Å². The summed E-state index contributed by atoms with van der Waals surface area (Å²) in [5.74, 6) is 0.474. The van der Waals surface area contributed by atoms with Crippen LogP contribution in [0.15, 0.2) is 36.5 Å². The predicted molar refractivity (Wildman–Crippen MR) is 107 cm³/mol. The average molecular weight is 401 g/mol. The molecule has 1 N–H and O–H groups in total. The number of carbonyl (C=O) groups is 1. The molecule has 1 aliphatic heterocycles. The van der Waals surface area contributed by atoms with Gasteiger partial charge in [-0.1, -0.05) is 30.2 Å². The Morgan fingerprint density at radius 2 is 2.07 bits per heavy atom. The van der Waals surface area contributed by atoms with E-state index in [0.29, 0.717) is 35.2 Å². The van der Waals surface area contributed by atoms with Crippen molar-refractivity contribution in [1.29, 1.82) is 0 Å². The molecule has 1 aromatic carbocycles. The molecule has 0 unspecified atom stereocenters. The highest BCUT2D eigenvalue weighted by Crippen LogP contribution is 2.39. The van der Waals surface area contributed by atoms with Crippen molar-refractivity contribution in [2.45, 2.75) is 51.5 Å². The molecule has 2 aromatic rings. The minimum Gasteiger partial charge on any atom is -0.386 e. The van der Waals surface area contributed by atoms with E-state index in [2.05, 4.69) is 4.98 Å². The summed E-state index contributed by atoms with van der Waals surface area (Å²) in [5.41, 5.74) is 1.90. The van der Waals surface area contributed by atoms with Crippen molar-refractivity contribution in [3.63, 3.8) is 0 Å². The zero-order valence-corrected chi connectivity index (χ0v) is 16.9. The van der Waals surface area contributed by atoms with Crippen LogP contribution in [0.5, 0.6) is 0 Å². The normalized spacial score (nSPS) is 19.6. The molecule has 0 spiro atoms. The van der Waals surface area contributed by atoms with Crippen molar-refractivity contribution < 1.29 is 14.6 Å². The number of halogens is 1. The van der Waals surface area contributed by atoms with E-state index >= 15 is 0 Å². The van der Waals surface area contributed by atoms with Crippen LogP contribution in [-0.2, 0) is 16.9 Å². The minimum atomic E-state index is -1.01. The number of hydrogen-bond donors (Lipinski definition) is 1. The molecule has 1 saturated carbocycles. The highest BCUT2D eigenvalue weighted by Gasteiger charge is 2.39. The van der Waals surface area contributed by atoms with Crippen molar-refractivity contribution in [3.8, 4) is 0 Å². The molecule has 28 heavy (non-hydrogen) atoms. The summed E-state index contributed by atoms with van der Waals surface area (Å²) in [5, 5.41) is 10.9. The number of ether oxygens (including phenoxy) is 1. The predicted octanol–water partition coefficient (Wildman–Crippen LogP) is 4.43. The molecule has 1 fully saturated rings. The summed E-state index contributed by atoms with van der Waals surface area (Å²) in [6, 6.07) is 9.15. The van der Waals surface area contributed by atoms with Gasteiger partial charge in [0.1, 0.15) is 0 Å². The third-order valence-electron chi connectivity index (χ3n) is 5.64. The molecule has 1 amide bonds. The molecule has 0 saturated heterocycles. The molecule has 1 aliphatic carbocycles. The van der Waals surface area contributed by atoms with Gasteiger partial charge in [0.15, 0.2) is 6.23 Å². The number of pyridine rings is 1. The van der Waals surface area contributed by atoms with Gasteiger partial charge in [0.2, 0.25) is 0 Å². The van der Waals surface area contributed by atoms with E-state index in [-0.39, 0.29) is 5.91 Å². The van der Waals surface area contributed by atoms with Crippen LogP contribution in [0, 0.1) is 5.92 Å². The van der Waals surface area contributed by atoms with Crippen LogP contribution in [-0.4, -0.2) is 27.5 Å². The first-order chi connectivity index (χ1) is 13.3. The zero-order chi connectivity index (χ0) is 19.9. The Balaban J connectivity index is 1.64. The quantitative estimate of drug-likeness (QED) is 0.778. The van der Waals surface area contributed by atoms with Crippen molar-refractivity contribution in [3.05, 3.63) is 63.9 Å². The van der Waals surface area contributed by atoms with Gasteiger partial charge >= 0.3 is 0 Å². The van der Waals surface area contributed by atoms with Gasteiger partial charge in [0.25, 0.3) is 5.91 Å². The Hall–Kier alpha value is -1.95. The minimum absolute atomic E-state index is 0.101. The van der Waals surface area contributed by atoms with Gasteiger partial charge in [0.05, 0.1) is 29.5 Å². The van der Waals surface area contributed by atoms with Crippen LogP contribution >= 0.6 is 11.6 Å². The monoisotopic (exact) mass is 400 g/mol. The van der Waals surface area contributed by atoms with Crippen LogP contribution in [0.2, 0.25) is 5.02 Å². The van der Waals surface area contributed by atoms with Crippen molar-refractivity contribution >= 4 is 17.5 Å². The van der Waals surface area contributed by atoms with Gasteiger partial charge in [-0.2, -0.15) is 0 Å². The lowest BCUT2D eigenvalue weighted by Crippen LogP contribution is -2.31. The fourth-order valence-electron chi connectivity index (χ4n) is 3.66. The number of nitrogens with zero attached hydrogens (tertiary/aromatic N) is 2. The van der Waals surface area contributed by atoms with Crippen molar-refractivity contribution in [2.75, 3.05) is 6.61 Å². The van der Waals surface area contributed by atoms with Crippen LogP contribution < -0.4 is 0 Å². The molecule has 0 radical (unpaired) electrons. The summed E-state index contributed by atoms with van der Waals surface area (Å²) >= 11 is 5.93. The number of aliphatic hydroxyl groups is 1. The van der Waals surface area contributed by atoms with E-state index in [1.807, 2.05) is 18.2 Å². The second kappa shape index (κ2) is 7.47. The maximum Gasteiger partial charge on any atom is 0.256 e. The SMILES string of the molecule is CC(C)(O)c1ccc2c(c1)C(=O)N(Cc1ccc(Cl)cn1)[C@@H]2OCC1CCC1. The smallest absolute Gasteiger partial charge is 0.256 e. The van der Waals surface area contributed by atoms with E-state index < -0.39 is 11.8 Å². The Labute approximate surface area is 170 Å². The molecule has 4 rings (SSSR count). The topological polar surface area (TPSA) is 62.7 Å². The number of amides is 1. The van der Waals surface area contributed by atoms with E-state index in [9.17, 15) is 9.90 Å². The van der Waals surface area contributed by atoms with Gasteiger partial charge in [0, 0.05) is 17.3 Å². The Kier molecular flexibility index (Phi) is 5.17. The lowest BCUT2D eigenvalue weighted by Gasteiger charge is -2.30. The number of hydrogen-bond acceptors (Lipinski definition) is 4. The Morgan fingerprint density at radius 3 is 2.68 bits per heavy atom. The summed E-state index contributed by atoms with van der Waals surface area (Å²) in [6.45, 7) is 4.43. The van der Waals surface area contributed by atoms with Crippen LogP contribution in [0.4, 0.5) is 0 Å². The lowest BCUT2D eigenvalue weighted by atomic mass is 9.86. The van der Waals surface area contributed by atoms with E-state index in [0.717, 1.165) is 11.3 Å². The number of rotatable bonds is 6. The maximum atomic E-state index is 13.2. The number of carbonyl (C=O) groups excluding carboxylic acids is 1. The van der Waals surface area contributed by atoms with Crippen LogP contribution in [0.25, 0.3) is 0 Å². The van der Waals surface area contributed by atoms with Crippen LogP contribution in [0.3, 0.4) is 0 Å². The first-order valence-electron chi connectivity index (χ1n) is 9.73. The third-order valence-corrected chi connectivity index (χ3v) is 5.86. The standard InChI is InChI=1S/C22H25ClN2O3/c1-22(2,27)15-6-9-18-19(10-15)20(26)25(12-17-8-7-16(23)11-24-17)21(18)28-13-14-4-3-5-14/h6-11,14,21,27H,3-5,12-13H2,1-2H3/t21-/m1/s1. The summed E-state index contributed by atoms with van der Waals surface area (Å²) in [7, 11) is 0. The number of fused-ring (bicyclic) bond motifs is 1. The van der Waals surface area contributed by atoms with Gasteiger partial charge in [-0.3, -0.25) is 9.78 Å². The van der Waals surface area contributed by atoms with Crippen molar-refractivity contribution in [1.82, 2.24) is 9.88 Å². The fourth-order valence-corrected chi connectivity index (χ4v) is 3.77.